The summed E-state index contributed by atoms with van der Waals surface area (Å²) in [6, 6.07) is 8.82. The molecule has 0 heterocycles. The first-order valence-corrected chi connectivity index (χ1v) is 8.15. The summed E-state index contributed by atoms with van der Waals surface area (Å²) >= 11 is 2.06. The second kappa shape index (κ2) is 6.63. The van der Waals surface area contributed by atoms with Crippen molar-refractivity contribution in [2.75, 3.05) is 5.75 Å². The van der Waals surface area contributed by atoms with Gasteiger partial charge in [0.2, 0.25) is 0 Å². The van der Waals surface area contributed by atoms with Crippen molar-refractivity contribution in [1.29, 1.82) is 0 Å². The van der Waals surface area contributed by atoms with Crippen molar-refractivity contribution in [2.24, 2.45) is 11.7 Å². The van der Waals surface area contributed by atoms with Gasteiger partial charge in [0.1, 0.15) is 0 Å². The number of rotatable bonds is 5. The van der Waals surface area contributed by atoms with Gasteiger partial charge in [0.25, 0.3) is 0 Å². The third-order valence-electron chi connectivity index (χ3n) is 4.04. The molecule has 1 saturated carbocycles. The summed E-state index contributed by atoms with van der Waals surface area (Å²) in [5.74, 6) is 2.24. The molecule has 0 amide bonds. The minimum absolute atomic E-state index is 0.164. The summed E-state index contributed by atoms with van der Waals surface area (Å²) in [5.41, 5.74) is 8.93. The van der Waals surface area contributed by atoms with Crippen LogP contribution in [0.2, 0.25) is 0 Å². The van der Waals surface area contributed by atoms with Crippen LogP contribution in [0.15, 0.2) is 24.3 Å². The van der Waals surface area contributed by atoms with E-state index in [1.807, 2.05) is 0 Å². The van der Waals surface area contributed by atoms with Crippen LogP contribution in [0.1, 0.15) is 49.8 Å². The highest BCUT2D eigenvalue weighted by atomic mass is 32.2. The molecule has 0 saturated heterocycles. The Morgan fingerprint density at radius 2 is 1.83 bits per heavy atom. The average molecular weight is 263 g/mol. The maximum atomic E-state index is 6.35. The number of benzene rings is 1. The summed E-state index contributed by atoms with van der Waals surface area (Å²) in [4.78, 5) is 0. The molecule has 2 unspecified atom stereocenters. The van der Waals surface area contributed by atoms with Gasteiger partial charge in [-0.1, -0.05) is 49.6 Å². The van der Waals surface area contributed by atoms with E-state index in [1.54, 1.807) is 0 Å². The van der Waals surface area contributed by atoms with Gasteiger partial charge in [0.05, 0.1) is 0 Å². The van der Waals surface area contributed by atoms with E-state index in [0.29, 0.717) is 5.25 Å². The third-order valence-corrected chi connectivity index (χ3v) is 5.52. The molecule has 1 aromatic carbocycles. The molecule has 2 N–H and O–H groups in total. The van der Waals surface area contributed by atoms with Crippen molar-refractivity contribution >= 4 is 11.8 Å². The highest BCUT2D eigenvalue weighted by Gasteiger charge is 2.19. The van der Waals surface area contributed by atoms with Crippen LogP contribution < -0.4 is 5.73 Å². The number of hydrogen-bond donors (Lipinski definition) is 1. The molecular formula is C16H25NS. The molecule has 1 aliphatic carbocycles. The summed E-state index contributed by atoms with van der Waals surface area (Å²) in [7, 11) is 0. The van der Waals surface area contributed by atoms with E-state index in [0.717, 1.165) is 5.92 Å². The number of thioether (sulfide) groups is 1. The Labute approximate surface area is 116 Å². The molecule has 0 bridgehead atoms. The van der Waals surface area contributed by atoms with E-state index in [4.69, 9.17) is 5.73 Å². The smallest absolute Gasteiger partial charge is 0.0412 e. The molecule has 0 radical (unpaired) electrons. The lowest BCUT2D eigenvalue weighted by atomic mass is 10.0. The number of nitrogens with two attached hydrogens (primary N) is 1. The largest absolute Gasteiger partial charge is 0.323 e. The van der Waals surface area contributed by atoms with Gasteiger partial charge in [0.15, 0.2) is 0 Å². The average Bonchev–Trinajstić information content (AvgIpc) is 2.89. The van der Waals surface area contributed by atoms with Crippen LogP contribution in [-0.4, -0.2) is 11.0 Å². The first-order valence-electron chi connectivity index (χ1n) is 7.10. The fraction of sp³-hybridized carbons (Fsp3) is 0.625. The Hall–Kier alpha value is -0.470. The van der Waals surface area contributed by atoms with Gasteiger partial charge in [-0.3, -0.25) is 0 Å². The summed E-state index contributed by atoms with van der Waals surface area (Å²) in [6.07, 6.45) is 5.73. The van der Waals surface area contributed by atoms with Gasteiger partial charge in [-0.05, 0) is 37.0 Å². The SMILES string of the molecule is Cc1ccc(C(N)C(C)SCC2CCCC2)cc1. The normalized spacial score (nSPS) is 19.9. The zero-order valence-electron chi connectivity index (χ0n) is 11.6. The van der Waals surface area contributed by atoms with Crippen LogP contribution in [0.5, 0.6) is 0 Å². The maximum absolute atomic E-state index is 6.35. The van der Waals surface area contributed by atoms with Crippen molar-refractivity contribution in [2.45, 2.75) is 50.8 Å². The minimum atomic E-state index is 0.164. The predicted octanol–water partition coefficient (Wildman–Crippen LogP) is 4.31. The molecule has 0 aliphatic heterocycles. The van der Waals surface area contributed by atoms with E-state index < -0.39 is 0 Å². The molecule has 1 aliphatic rings. The van der Waals surface area contributed by atoms with Crippen LogP contribution in [0.4, 0.5) is 0 Å². The molecule has 2 atom stereocenters. The van der Waals surface area contributed by atoms with Crippen molar-refractivity contribution in [3.8, 4) is 0 Å². The van der Waals surface area contributed by atoms with Gasteiger partial charge < -0.3 is 5.73 Å². The second-order valence-electron chi connectivity index (χ2n) is 5.63. The standard InChI is InChI=1S/C16H25NS/c1-12-7-9-15(10-8-12)16(17)13(2)18-11-14-5-3-4-6-14/h7-10,13-14,16H,3-6,11,17H2,1-2H3. The first-order chi connectivity index (χ1) is 8.66. The lowest BCUT2D eigenvalue weighted by molar-refractivity contribution is 0.618. The highest BCUT2D eigenvalue weighted by molar-refractivity contribution is 7.99. The Bertz CT molecular complexity index is 354. The van der Waals surface area contributed by atoms with Crippen LogP contribution in [-0.2, 0) is 0 Å². The van der Waals surface area contributed by atoms with E-state index in [9.17, 15) is 0 Å². The lowest BCUT2D eigenvalue weighted by Gasteiger charge is -2.21. The first kappa shape index (κ1) is 14.0. The molecule has 2 heteroatoms. The van der Waals surface area contributed by atoms with Gasteiger partial charge in [-0.2, -0.15) is 11.8 Å². The molecule has 18 heavy (non-hydrogen) atoms. The fourth-order valence-corrected chi connectivity index (χ4v) is 3.90. The van der Waals surface area contributed by atoms with Crippen LogP contribution in [0.25, 0.3) is 0 Å². The molecule has 1 nitrogen and oxygen atoms in total. The highest BCUT2D eigenvalue weighted by Crippen LogP contribution is 2.32. The Morgan fingerprint density at radius 1 is 1.22 bits per heavy atom. The quantitative estimate of drug-likeness (QED) is 0.857. The fourth-order valence-electron chi connectivity index (χ4n) is 2.63. The molecule has 100 valence electrons. The molecule has 2 rings (SSSR count). The van der Waals surface area contributed by atoms with Gasteiger partial charge in [-0.15, -0.1) is 0 Å². The zero-order chi connectivity index (χ0) is 13.0. The van der Waals surface area contributed by atoms with Crippen molar-refractivity contribution in [3.05, 3.63) is 35.4 Å². The van der Waals surface area contributed by atoms with E-state index in [-0.39, 0.29) is 6.04 Å². The predicted molar refractivity (Wildman–Crippen MR) is 82.0 cm³/mol. The minimum Gasteiger partial charge on any atom is -0.323 e. The zero-order valence-corrected chi connectivity index (χ0v) is 12.4. The Balaban J connectivity index is 1.83. The summed E-state index contributed by atoms with van der Waals surface area (Å²) < 4.78 is 0. The van der Waals surface area contributed by atoms with Crippen LogP contribution >= 0.6 is 11.8 Å². The summed E-state index contributed by atoms with van der Waals surface area (Å²) in [6.45, 7) is 4.39. The Kier molecular flexibility index (Phi) is 5.13. The van der Waals surface area contributed by atoms with Crippen molar-refractivity contribution in [3.63, 3.8) is 0 Å². The molecular weight excluding hydrogens is 238 g/mol. The van der Waals surface area contributed by atoms with Gasteiger partial charge in [-0.25, -0.2) is 0 Å². The van der Waals surface area contributed by atoms with Gasteiger partial charge in [0, 0.05) is 11.3 Å². The molecule has 1 fully saturated rings. The van der Waals surface area contributed by atoms with Gasteiger partial charge >= 0.3 is 0 Å². The topological polar surface area (TPSA) is 26.0 Å². The monoisotopic (exact) mass is 263 g/mol. The number of aryl methyl sites for hydroxylation is 1. The second-order valence-corrected chi connectivity index (χ2v) is 7.04. The van der Waals surface area contributed by atoms with E-state index in [1.165, 1.54) is 42.6 Å². The molecule has 1 aromatic rings. The summed E-state index contributed by atoms with van der Waals surface area (Å²) in [5, 5.41) is 0.508. The number of hydrogen-bond acceptors (Lipinski definition) is 2. The van der Waals surface area contributed by atoms with Crippen LogP contribution in [0, 0.1) is 12.8 Å². The van der Waals surface area contributed by atoms with Crippen molar-refractivity contribution < 1.29 is 0 Å². The lowest BCUT2D eigenvalue weighted by Crippen LogP contribution is -2.22. The van der Waals surface area contributed by atoms with Crippen molar-refractivity contribution in [1.82, 2.24) is 0 Å². The molecule has 0 spiro atoms. The molecule has 0 aromatic heterocycles. The third kappa shape index (κ3) is 3.76. The van der Waals surface area contributed by atoms with E-state index in [2.05, 4.69) is 49.9 Å². The maximum Gasteiger partial charge on any atom is 0.0412 e. The van der Waals surface area contributed by atoms with Crippen LogP contribution in [0.3, 0.4) is 0 Å². The Morgan fingerprint density at radius 3 is 2.44 bits per heavy atom. The van der Waals surface area contributed by atoms with E-state index >= 15 is 0 Å².